The van der Waals surface area contributed by atoms with Gasteiger partial charge in [0, 0.05) is 24.9 Å². The molecule has 0 rings (SSSR count). The minimum absolute atomic E-state index is 0.201. The topological polar surface area (TPSA) is 20.3 Å². The number of hydrogen-bond acceptors (Lipinski definition) is 1. The molecule has 0 aromatic heterocycles. The van der Waals surface area contributed by atoms with E-state index >= 15 is 0 Å². The number of amides is 1. The van der Waals surface area contributed by atoms with Gasteiger partial charge in [0.2, 0.25) is 5.91 Å². The quantitative estimate of drug-likeness (QED) is 0.618. The van der Waals surface area contributed by atoms with E-state index in [0.29, 0.717) is 24.3 Å². The second-order valence-electron chi connectivity index (χ2n) is 4.35. The number of nitrogens with zero attached hydrogens (tertiary/aromatic N) is 1. The number of carbonyl (C=O) groups is 1. The maximum absolute atomic E-state index is 11.9. The summed E-state index contributed by atoms with van der Waals surface area (Å²) in [5.74, 6) is 1.14. The molecule has 0 N–H and O–H groups in total. The highest BCUT2D eigenvalue weighted by molar-refractivity contribution is 6.18. The lowest BCUT2D eigenvalue weighted by atomic mass is 10.1. The zero-order chi connectivity index (χ0) is 11.8. The van der Waals surface area contributed by atoms with Crippen molar-refractivity contribution in [1.82, 2.24) is 4.90 Å². The minimum Gasteiger partial charge on any atom is -0.339 e. The van der Waals surface area contributed by atoms with Crippen LogP contribution in [0.2, 0.25) is 0 Å². The lowest BCUT2D eigenvalue weighted by Gasteiger charge is -2.32. The van der Waals surface area contributed by atoms with Crippen LogP contribution in [0.1, 0.15) is 47.0 Å². The molecule has 0 saturated carbocycles. The van der Waals surface area contributed by atoms with Gasteiger partial charge in [-0.25, -0.2) is 0 Å². The summed E-state index contributed by atoms with van der Waals surface area (Å²) in [6.07, 6.45) is 2.51. The second kappa shape index (κ2) is 7.98. The molecule has 15 heavy (non-hydrogen) atoms. The maximum atomic E-state index is 11.9. The Labute approximate surface area is 99.0 Å². The van der Waals surface area contributed by atoms with Crippen molar-refractivity contribution in [2.75, 3.05) is 12.4 Å². The molecular weight excluding hydrogens is 210 g/mol. The summed E-state index contributed by atoms with van der Waals surface area (Å²) in [5, 5.41) is 0. The van der Waals surface area contributed by atoms with E-state index < -0.39 is 0 Å². The molecule has 90 valence electrons. The maximum Gasteiger partial charge on any atom is 0.224 e. The van der Waals surface area contributed by atoms with Crippen LogP contribution in [0.25, 0.3) is 0 Å². The predicted molar refractivity (Wildman–Crippen MR) is 66.3 cm³/mol. The lowest BCUT2D eigenvalue weighted by molar-refractivity contribution is -0.133. The molecule has 1 amide bonds. The van der Waals surface area contributed by atoms with Gasteiger partial charge in [0.15, 0.2) is 0 Å². The van der Waals surface area contributed by atoms with E-state index in [2.05, 4.69) is 27.7 Å². The molecule has 0 fully saturated rings. The van der Waals surface area contributed by atoms with Gasteiger partial charge in [-0.1, -0.05) is 27.7 Å². The predicted octanol–water partition coefficient (Wildman–Crippen LogP) is 3.29. The SMILES string of the molecule is CCC(CC)N(CC(C)C)C(=O)CCCl. The van der Waals surface area contributed by atoms with E-state index in [9.17, 15) is 4.79 Å². The summed E-state index contributed by atoms with van der Waals surface area (Å²) in [7, 11) is 0. The third-order valence-corrected chi connectivity index (χ3v) is 2.76. The molecule has 0 radical (unpaired) electrons. The van der Waals surface area contributed by atoms with Crippen molar-refractivity contribution >= 4 is 17.5 Å². The van der Waals surface area contributed by atoms with E-state index in [0.717, 1.165) is 19.4 Å². The molecule has 0 aliphatic rings. The Balaban J connectivity index is 4.47. The van der Waals surface area contributed by atoms with Crippen LogP contribution < -0.4 is 0 Å². The molecule has 0 spiro atoms. The number of rotatable bonds is 7. The molecular formula is C12H24ClNO. The van der Waals surface area contributed by atoms with Gasteiger partial charge in [-0.15, -0.1) is 11.6 Å². The first-order valence-corrected chi connectivity index (χ1v) is 6.45. The molecule has 0 aliphatic heterocycles. The van der Waals surface area contributed by atoms with Crippen LogP contribution in [-0.2, 0) is 4.79 Å². The van der Waals surface area contributed by atoms with Crippen molar-refractivity contribution in [3.8, 4) is 0 Å². The highest BCUT2D eigenvalue weighted by Crippen LogP contribution is 2.13. The molecule has 0 atom stereocenters. The Morgan fingerprint density at radius 2 is 1.80 bits per heavy atom. The van der Waals surface area contributed by atoms with Crippen LogP contribution in [0.15, 0.2) is 0 Å². The van der Waals surface area contributed by atoms with E-state index in [4.69, 9.17) is 11.6 Å². The average Bonchev–Trinajstić information content (AvgIpc) is 2.18. The van der Waals surface area contributed by atoms with Gasteiger partial charge < -0.3 is 4.90 Å². The van der Waals surface area contributed by atoms with Gasteiger partial charge in [0.1, 0.15) is 0 Å². The van der Waals surface area contributed by atoms with Crippen LogP contribution >= 0.6 is 11.6 Å². The summed E-state index contributed by atoms with van der Waals surface area (Å²) in [4.78, 5) is 13.9. The van der Waals surface area contributed by atoms with Crippen LogP contribution in [0.5, 0.6) is 0 Å². The Bertz CT molecular complexity index is 178. The van der Waals surface area contributed by atoms with E-state index in [1.54, 1.807) is 0 Å². The molecule has 0 aliphatic carbocycles. The first-order chi connectivity index (χ1) is 7.06. The zero-order valence-electron chi connectivity index (χ0n) is 10.4. The first kappa shape index (κ1) is 14.8. The molecule has 0 saturated heterocycles. The van der Waals surface area contributed by atoms with Crippen LogP contribution in [-0.4, -0.2) is 29.3 Å². The molecule has 2 nitrogen and oxygen atoms in total. The third-order valence-electron chi connectivity index (χ3n) is 2.57. The summed E-state index contributed by atoms with van der Waals surface area (Å²) in [5.41, 5.74) is 0. The largest absolute Gasteiger partial charge is 0.339 e. The van der Waals surface area contributed by atoms with E-state index in [-0.39, 0.29) is 5.91 Å². The minimum atomic E-state index is 0.201. The summed E-state index contributed by atoms with van der Waals surface area (Å²) in [6.45, 7) is 9.40. The second-order valence-corrected chi connectivity index (χ2v) is 4.73. The summed E-state index contributed by atoms with van der Waals surface area (Å²) < 4.78 is 0. The Morgan fingerprint density at radius 3 is 2.13 bits per heavy atom. The van der Waals surface area contributed by atoms with E-state index in [1.165, 1.54) is 0 Å². The number of carbonyl (C=O) groups excluding carboxylic acids is 1. The highest BCUT2D eigenvalue weighted by Gasteiger charge is 2.20. The van der Waals surface area contributed by atoms with Crippen LogP contribution in [0, 0.1) is 5.92 Å². The van der Waals surface area contributed by atoms with Gasteiger partial charge in [-0.2, -0.15) is 0 Å². The Kier molecular flexibility index (Phi) is 7.85. The van der Waals surface area contributed by atoms with E-state index in [1.807, 2.05) is 4.90 Å². The fourth-order valence-corrected chi connectivity index (χ4v) is 1.96. The normalized spacial score (nSPS) is 11.1. The van der Waals surface area contributed by atoms with Gasteiger partial charge in [0.05, 0.1) is 0 Å². The lowest BCUT2D eigenvalue weighted by Crippen LogP contribution is -2.42. The van der Waals surface area contributed by atoms with Gasteiger partial charge in [-0.05, 0) is 18.8 Å². The molecule has 0 unspecified atom stereocenters. The van der Waals surface area contributed by atoms with Gasteiger partial charge >= 0.3 is 0 Å². The van der Waals surface area contributed by atoms with Crippen molar-refractivity contribution in [2.24, 2.45) is 5.92 Å². The smallest absolute Gasteiger partial charge is 0.224 e. The fourth-order valence-electron chi connectivity index (χ4n) is 1.80. The molecule has 0 aromatic rings. The standard InChI is InChI=1S/C12H24ClNO/c1-5-11(6-2)14(9-10(3)4)12(15)7-8-13/h10-11H,5-9H2,1-4H3. The monoisotopic (exact) mass is 233 g/mol. The Hall–Kier alpha value is -0.240. The molecule has 3 heteroatoms. The van der Waals surface area contributed by atoms with Crippen molar-refractivity contribution in [3.63, 3.8) is 0 Å². The van der Waals surface area contributed by atoms with Crippen molar-refractivity contribution < 1.29 is 4.79 Å². The zero-order valence-corrected chi connectivity index (χ0v) is 11.2. The van der Waals surface area contributed by atoms with Crippen molar-refractivity contribution in [1.29, 1.82) is 0 Å². The average molecular weight is 234 g/mol. The fraction of sp³-hybridized carbons (Fsp3) is 0.917. The van der Waals surface area contributed by atoms with Crippen LogP contribution in [0.4, 0.5) is 0 Å². The third kappa shape index (κ3) is 5.41. The van der Waals surface area contributed by atoms with Crippen LogP contribution in [0.3, 0.4) is 0 Å². The van der Waals surface area contributed by atoms with Crippen molar-refractivity contribution in [2.45, 2.75) is 53.0 Å². The number of halogens is 1. The summed E-state index contributed by atoms with van der Waals surface area (Å²) in [6, 6.07) is 0.378. The van der Waals surface area contributed by atoms with Gasteiger partial charge in [0.25, 0.3) is 0 Å². The number of hydrogen-bond donors (Lipinski definition) is 0. The molecule has 0 bridgehead atoms. The van der Waals surface area contributed by atoms with Gasteiger partial charge in [-0.3, -0.25) is 4.79 Å². The molecule has 0 aromatic carbocycles. The summed E-state index contributed by atoms with van der Waals surface area (Å²) >= 11 is 5.62. The number of alkyl halides is 1. The Morgan fingerprint density at radius 1 is 1.27 bits per heavy atom. The highest BCUT2D eigenvalue weighted by atomic mass is 35.5. The molecule has 0 heterocycles. The first-order valence-electron chi connectivity index (χ1n) is 5.92. The van der Waals surface area contributed by atoms with Crippen molar-refractivity contribution in [3.05, 3.63) is 0 Å².